The van der Waals surface area contributed by atoms with Crippen molar-refractivity contribution in [3.8, 4) is 0 Å². The van der Waals surface area contributed by atoms with Gasteiger partial charge in [0.15, 0.2) is 0 Å². The summed E-state index contributed by atoms with van der Waals surface area (Å²) in [4.78, 5) is 29.1. The molecule has 1 unspecified atom stereocenters. The van der Waals surface area contributed by atoms with E-state index in [1.54, 1.807) is 12.1 Å². The van der Waals surface area contributed by atoms with Gasteiger partial charge >= 0.3 is 0 Å². The van der Waals surface area contributed by atoms with E-state index in [-0.39, 0.29) is 23.8 Å². The Balaban J connectivity index is 1.31. The number of carbonyl (C=O) groups excluding carboxylic acids is 1. The third kappa shape index (κ3) is 5.20. The average Bonchev–Trinajstić information content (AvgIpc) is 3.18. The number of rotatable bonds is 5. The maximum absolute atomic E-state index is 13.9. The lowest BCUT2D eigenvalue weighted by atomic mass is 9.95. The minimum absolute atomic E-state index is 0.0795. The van der Waals surface area contributed by atoms with Crippen molar-refractivity contribution in [1.82, 2.24) is 19.8 Å². The number of aliphatic hydroxyl groups excluding tert-OH is 2. The van der Waals surface area contributed by atoms with E-state index in [0.29, 0.717) is 49.2 Å². The number of piperidine rings is 1. The fraction of sp³-hybridized carbons (Fsp3) is 0.577. The summed E-state index contributed by atoms with van der Waals surface area (Å²) in [5.74, 6) is 0.799. The minimum atomic E-state index is -0.539. The van der Waals surface area contributed by atoms with Crippen molar-refractivity contribution in [3.05, 3.63) is 51.4 Å². The first-order valence-corrected chi connectivity index (χ1v) is 13.5. The van der Waals surface area contributed by atoms with Crippen LogP contribution in [0.3, 0.4) is 0 Å². The predicted molar refractivity (Wildman–Crippen MR) is 140 cm³/mol. The smallest absolute Gasteiger partial charge is 0.231 e. The molecule has 10 heteroatoms. The largest absolute Gasteiger partial charge is 0.393 e. The van der Waals surface area contributed by atoms with Gasteiger partial charge in [-0.1, -0.05) is 36.2 Å². The highest BCUT2D eigenvalue weighted by Crippen LogP contribution is 2.43. The molecule has 2 N–H and O–H groups in total. The van der Waals surface area contributed by atoms with Crippen LogP contribution < -0.4 is 4.90 Å². The van der Waals surface area contributed by atoms with Gasteiger partial charge in [0.2, 0.25) is 5.91 Å². The molecule has 0 saturated carbocycles. The van der Waals surface area contributed by atoms with Crippen LogP contribution in [-0.4, -0.2) is 87.8 Å². The molecule has 2 saturated heterocycles. The molecule has 3 aliphatic rings. The number of nitrogens with zero attached hydrogens (tertiary/aromatic N) is 5. The second-order valence-corrected chi connectivity index (χ2v) is 11.0. The van der Waals surface area contributed by atoms with Gasteiger partial charge in [0, 0.05) is 51.4 Å². The molecule has 0 radical (unpaired) electrons. The van der Waals surface area contributed by atoms with Crippen LogP contribution in [0.25, 0.3) is 0 Å². The summed E-state index contributed by atoms with van der Waals surface area (Å²) >= 11 is 12.5. The Morgan fingerprint density at radius 1 is 1.06 bits per heavy atom. The third-order valence-corrected chi connectivity index (χ3v) is 8.55. The first kappa shape index (κ1) is 25.7. The van der Waals surface area contributed by atoms with Gasteiger partial charge in [-0.2, -0.15) is 0 Å². The molecule has 2 aromatic rings. The van der Waals surface area contributed by atoms with E-state index in [2.05, 4.69) is 26.7 Å². The highest BCUT2D eigenvalue weighted by atomic mass is 35.5. The van der Waals surface area contributed by atoms with Crippen molar-refractivity contribution in [2.45, 2.75) is 50.2 Å². The Bertz CT molecular complexity index is 1100. The molecule has 8 nitrogen and oxygen atoms in total. The van der Waals surface area contributed by atoms with E-state index in [1.165, 1.54) is 6.33 Å². The number of piperazine rings is 1. The van der Waals surface area contributed by atoms with Gasteiger partial charge in [0.05, 0.1) is 33.9 Å². The average molecular weight is 534 g/mol. The van der Waals surface area contributed by atoms with Gasteiger partial charge in [0.1, 0.15) is 12.1 Å². The molecule has 0 bridgehead atoms. The normalized spacial score (nSPS) is 24.1. The zero-order valence-electron chi connectivity index (χ0n) is 20.5. The number of fused-ring (bicyclic) bond motifs is 1. The van der Waals surface area contributed by atoms with Gasteiger partial charge in [0.25, 0.3) is 0 Å². The van der Waals surface area contributed by atoms with Crippen molar-refractivity contribution in [3.63, 3.8) is 0 Å². The molecule has 1 amide bonds. The summed E-state index contributed by atoms with van der Waals surface area (Å²) in [5, 5.41) is 21.2. The molecule has 2 aliphatic heterocycles. The lowest BCUT2D eigenvalue weighted by Crippen LogP contribution is -2.52. The Hall–Kier alpha value is -1.97. The predicted octanol–water partition coefficient (Wildman–Crippen LogP) is 3.21. The number of aromatic nitrogens is 2. The maximum atomic E-state index is 13.9. The van der Waals surface area contributed by atoms with Gasteiger partial charge in [-0.15, -0.1) is 0 Å². The topological polar surface area (TPSA) is 93.0 Å². The number of carbonyl (C=O) groups is 1. The van der Waals surface area contributed by atoms with Crippen molar-refractivity contribution in [2.75, 3.05) is 50.7 Å². The lowest BCUT2D eigenvalue weighted by molar-refractivity contribution is -0.133. The van der Waals surface area contributed by atoms with Crippen LogP contribution in [0.1, 0.15) is 60.9 Å². The Morgan fingerprint density at radius 2 is 1.78 bits per heavy atom. The van der Waals surface area contributed by atoms with Crippen LogP contribution in [0.15, 0.2) is 24.5 Å². The van der Waals surface area contributed by atoms with Crippen LogP contribution in [0.5, 0.6) is 0 Å². The molecule has 1 aromatic carbocycles. The molecule has 1 aliphatic carbocycles. The van der Waals surface area contributed by atoms with Gasteiger partial charge in [-0.25, -0.2) is 9.97 Å². The van der Waals surface area contributed by atoms with Crippen molar-refractivity contribution >= 4 is 34.9 Å². The SMILES string of the molecule is C[C@@H]1C[C@@H](O)c2ncnc(N3CCN(C(=O)C(CN4CCC(O)CC4)c4ccc(Cl)c(Cl)c4)CC3)c21. The number of aliphatic hydroxyl groups is 2. The molecule has 2 fully saturated rings. The van der Waals surface area contributed by atoms with Gasteiger partial charge in [-0.05, 0) is 42.9 Å². The van der Waals surface area contributed by atoms with Gasteiger partial charge in [-0.3, -0.25) is 4.79 Å². The number of likely N-dealkylation sites (tertiary alicyclic amines) is 1. The zero-order chi connectivity index (χ0) is 25.4. The molecule has 5 rings (SSSR count). The number of amides is 1. The summed E-state index contributed by atoms with van der Waals surface area (Å²) in [6, 6.07) is 5.45. The summed E-state index contributed by atoms with van der Waals surface area (Å²) in [6.45, 7) is 6.73. The fourth-order valence-corrected chi connectivity index (χ4v) is 6.04. The highest BCUT2D eigenvalue weighted by molar-refractivity contribution is 6.42. The van der Waals surface area contributed by atoms with E-state index >= 15 is 0 Å². The monoisotopic (exact) mass is 533 g/mol. The number of hydrogen-bond donors (Lipinski definition) is 2. The molecule has 194 valence electrons. The third-order valence-electron chi connectivity index (χ3n) is 7.81. The van der Waals surface area contributed by atoms with E-state index in [4.69, 9.17) is 23.2 Å². The van der Waals surface area contributed by atoms with Crippen LogP contribution >= 0.6 is 23.2 Å². The molecular formula is C26H33Cl2N5O3. The van der Waals surface area contributed by atoms with Gasteiger partial charge < -0.3 is 24.9 Å². The van der Waals surface area contributed by atoms with E-state index in [0.717, 1.165) is 48.6 Å². The Kier molecular flexibility index (Phi) is 7.70. The van der Waals surface area contributed by atoms with Crippen molar-refractivity contribution < 1.29 is 15.0 Å². The van der Waals surface area contributed by atoms with E-state index in [1.807, 2.05) is 11.0 Å². The van der Waals surface area contributed by atoms with E-state index < -0.39 is 6.10 Å². The molecule has 36 heavy (non-hydrogen) atoms. The van der Waals surface area contributed by atoms with Crippen LogP contribution in [0, 0.1) is 0 Å². The summed E-state index contributed by atoms with van der Waals surface area (Å²) in [5.41, 5.74) is 2.63. The number of anilines is 1. The standard InChI is InChI=1S/C26H33Cl2N5O3/c1-16-12-22(35)24-23(16)25(30-15-29-24)32-8-10-33(11-9-32)26(36)19(14-31-6-4-18(34)5-7-31)17-2-3-20(27)21(28)13-17/h2-3,13,15-16,18-19,22,34-35H,4-12,14H2,1H3/t16-,19?,22-/m1/s1. The Morgan fingerprint density at radius 3 is 2.47 bits per heavy atom. The van der Waals surface area contributed by atoms with Crippen molar-refractivity contribution in [1.29, 1.82) is 0 Å². The minimum Gasteiger partial charge on any atom is -0.393 e. The van der Waals surface area contributed by atoms with Crippen LogP contribution in [0.2, 0.25) is 10.0 Å². The number of hydrogen-bond acceptors (Lipinski definition) is 7. The first-order chi connectivity index (χ1) is 17.3. The second kappa shape index (κ2) is 10.8. The van der Waals surface area contributed by atoms with Crippen molar-refractivity contribution in [2.24, 2.45) is 0 Å². The lowest BCUT2D eigenvalue weighted by Gasteiger charge is -2.39. The number of benzene rings is 1. The molecule has 3 heterocycles. The fourth-order valence-electron chi connectivity index (χ4n) is 5.73. The molecule has 0 spiro atoms. The number of halogens is 2. The van der Waals surface area contributed by atoms with Crippen LogP contribution in [-0.2, 0) is 4.79 Å². The first-order valence-electron chi connectivity index (χ1n) is 12.7. The maximum Gasteiger partial charge on any atom is 0.231 e. The Labute approximate surface area is 221 Å². The molecular weight excluding hydrogens is 501 g/mol. The quantitative estimate of drug-likeness (QED) is 0.609. The zero-order valence-corrected chi connectivity index (χ0v) is 22.0. The summed E-state index contributed by atoms with van der Waals surface area (Å²) in [6.07, 6.45) is 2.83. The highest BCUT2D eigenvalue weighted by Gasteiger charge is 2.35. The second-order valence-electron chi connectivity index (χ2n) is 10.2. The van der Waals surface area contributed by atoms with Crippen LogP contribution in [0.4, 0.5) is 5.82 Å². The molecule has 1 aromatic heterocycles. The summed E-state index contributed by atoms with van der Waals surface area (Å²) < 4.78 is 0. The van der Waals surface area contributed by atoms with E-state index in [9.17, 15) is 15.0 Å². The summed E-state index contributed by atoms with van der Waals surface area (Å²) in [7, 11) is 0. The molecule has 3 atom stereocenters.